The van der Waals surface area contributed by atoms with Crippen LogP contribution in [0.5, 0.6) is 0 Å². The molecular weight excluding hydrogens is 208 g/mol. The van der Waals surface area contributed by atoms with E-state index in [4.69, 9.17) is 10.3 Å². The molecular formula is C10H14N4O2. The molecule has 2 aliphatic rings. The van der Waals surface area contributed by atoms with Gasteiger partial charge in [0.05, 0.1) is 5.54 Å². The van der Waals surface area contributed by atoms with Gasteiger partial charge in [0.15, 0.2) is 5.82 Å². The Morgan fingerprint density at radius 2 is 2.25 bits per heavy atom. The topological polar surface area (TPSA) is 94.0 Å². The quantitative estimate of drug-likeness (QED) is 0.767. The third-order valence-corrected chi connectivity index (χ3v) is 3.22. The molecule has 3 rings (SSSR count). The van der Waals surface area contributed by atoms with Crippen LogP contribution in [0, 0.1) is 0 Å². The normalized spacial score (nSPS) is 22.6. The average molecular weight is 222 g/mol. The molecule has 1 aromatic heterocycles. The Bertz CT molecular complexity index is 420. The van der Waals surface area contributed by atoms with Gasteiger partial charge >= 0.3 is 11.8 Å². The molecule has 0 spiro atoms. The molecule has 0 unspecified atom stereocenters. The molecule has 16 heavy (non-hydrogen) atoms. The minimum absolute atomic E-state index is 0.0265. The molecule has 1 aromatic rings. The number of nitrogens with one attached hydrogen (secondary N) is 1. The summed E-state index contributed by atoms with van der Waals surface area (Å²) < 4.78 is 4.92. The highest BCUT2D eigenvalue weighted by molar-refractivity contribution is 5.89. The Labute approximate surface area is 92.6 Å². The second-order valence-electron chi connectivity index (χ2n) is 4.68. The van der Waals surface area contributed by atoms with E-state index >= 15 is 0 Å². The Hall–Kier alpha value is -1.43. The number of rotatable bonds is 3. The van der Waals surface area contributed by atoms with Crippen molar-refractivity contribution in [3.05, 3.63) is 11.7 Å². The smallest absolute Gasteiger partial charge is 0.316 e. The lowest BCUT2D eigenvalue weighted by molar-refractivity contribution is 0.0907. The fourth-order valence-corrected chi connectivity index (χ4v) is 1.77. The zero-order valence-electron chi connectivity index (χ0n) is 8.90. The van der Waals surface area contributed by atoms with Crippen molar-refractivity contribution in [3.63, 3.8) is 0 Å². The predicted molar refractivity (Wildman–Crippen MR) is 54.5 cm³/mol. The van der Waals surface area contributed by atoms with Gasteiger partial charge in [-0.1, -0.05) is 5.16 Å². The highest BCUT2D eigenvalue weighted by Crippen LogP contribution is 2.36. The molecule has 1 heterocycles. The molecule has 2 fully saturated rings. The van der Waals surface area contributed by atoms with Crippen LogP contribution in [0.15, 0.2) is 4.52 Å². The molecule has 2 saturated carbocycles. The van der Waals surface area contributed by atoms with E-state index in [0.29, 0.717) is 11.9 Å². The first-order chi connectivity index (χ1) is 7.67. The molecule has 0 radical (unpaired) electrons. The van der Waals surface area contributed by atoms with Crippen LogP contribution in [0.2, 0.25) is 0 Å². The minimum atomic E-state index is -0.471. The van der Waals surface area contributed by atoms with Crippen LogP contribution in [0.3, 0.4) is 0 Å². The van der Waals surface area contributed by atoms with Crippen LogP contribution < -0.4 is 11.1 Å². The van der Waals surface area contributed by atoms with E-state index in [-0.39, 0.29) is 11.8 Å². The number of nitrogens with zero attached hydrogens (tertiary/aromatic N) is 2. The molecule has 0 aromatic carbocycles. The summed E-state index contributed by atoms with van der Waals surface area (Å²) in [5.41, 5.74) is 5.56. The summed E-state index contributed by atoms with van der Waals surface area (Å²) in [4.78, 5) is 15.7. The van der Waals surface area contributed by atoms with E-state index in [1.807, 2.05) is 0 Å². The number of nitrogens with two attached hydrogens (primary N) is 1. The number of hydrogen-bond acceptors (Lipinski definition) is 5. The van der Waals surface area contributed by atoms with E-state index in [2.05, 4.69) is 15.5 Å². The van der Waals surface area contributed by atoms with Crippen LogP contribution in [0.4, 0.5) is 0 Å². The first kappa shape index (κ1) is 9.77. The van der Waals surface area contributed by atoms with E-state index in [0.717, 1.165) is 32.1 Å². The van der Waals surface area contributed by atoms with Gasteiger partial charge in [-0.05, 0) is 32.1 Å². The summed E-state index contributed by atoms with van der Waals surface area (Å²) in [6.45, 7) is 0. The summed E-state index contributed by atoms with van der Waals surface area (Å²) in [6, 6.07) is 0.290. The monoisotopic (exact) mass is 222 g/mol. The molecule has 0 saturated heterocycles. The summed E-state index contributed by atoms with van der Waals surface area (Å²) in [7, 11) is 0. The predicted octanol–water partition coefficient (Wildman–Crippen LogP) is 0.300. The Morgan fingerprint density at radius 1 is 1.50 bits per heavy atom. The fraction of sp³-hybridized carbons (Fsp3) is 0.700. The zero-order chi connectivity index (χ0) is 11.2. The van der Waals surface area contributed by atoms with E-state index in [1.165, 1.54) is 0 Å². The molecule has 6 nitrogen and oxygen atoms in total. The molecule has 0 atom stereocenters. The van der Waals surface area contributed by atoms with Crippen LogP contribution >= 0.6 is 0 Å². The lowest BCUT2D eigenvalue weighted by Crippen LogP contribution is -2.44. The summed E-state index contributed by atoms with van der Waals surface area (Å²) in [5, 5.41) is 6.58. The SMILES string of the molecule is NC1(c2noc(C(=O)NC3CC3)n2)CCC1. The summed E-state index contributed by atoms with van der Waals surface area (Å²) in [5.74, 6) is 0.197. The first-order valence-corrected chi connectivity index (χ1v) is 5.61. The number of carbonyl (C=O) groups excluding carboxylic acids is 1. The van der Waals surface area contributed by atoms with Gasteiger partial charge in [-0.3, -0.25) is 4.79 Å². The number of aromatic nitrogens is 2. The van der Waals surface area contributed by atoms with Crippen molar-refractivity contribution in [2.45, 2.75) is 43.7 Å². The first-order valence-electron chi connectivity index (χ1n) is 5.61. The average Bonchev–Trinajstić information content (AvgIpc) is 2.89. The van der Waals surface area contributed by atoms with Gasteiger partial charge in [-0.25, -0.2) is 0 Å². The van der Waals surface area contributed by atoms with Crippen molar-refractivity contribution in [1.82, 2.24) is 15.5 Å². The Balaban J connectivity index is 1.73. The molecule has 0 bridgehead atoms. The third-order valence-electron chi connectivity index (χ3n) is 3.22. The standard InChI is InChI=1S/C10H14N4O2/c11-10(4-1-5-10)9-13-8(16-14-9)7(15)12-6-2-3-6/h6H,1-5,11H2,(H,12,15). The van der Waals surface area contributed by atoms with Crippen molar-refractivity contribution >= 4 is 5.91 Å². The van der Waals surface area contributed by atoms with Gasteiger partial charge < -0.3 is 15.6 Å². The summed E-state index contributed by atoms with van der Waals surface area (Å²) >= 11 is 0. The Morgan fingerprint density at radius 3 is 2.81 bits per heavy atom. The maximum absolute atomic E-state index is 11.6. The number of hydrogen-bond donors (Lipinski definition) is 2. The third kappa shape index (κ3) is 1.59. The van der Waals surface area contributed by atoms with Crippen molar-refractivity contribution in [2.75, 3.05) is 0 Å². The fourth-order valence-electron chi connectivity index (χ4n) is 1.77. The summed E-state index contributed by atoms with van der Waals surface area (Å²) in [6.07, 6.45) is 4.86. The van der Waals surface area contributed by atoms with Crippen molar-refractivity contribution < 1.29 is 9.32 Å². The van der Waals surface area contributed by atoms with Crippen molar-refractivity contribution in [1.29, 1.82) is 0 Å². The highest BCUT2D eigenvalue weighted by atomic mass is 16.5. The van der Waals surface area contributed by atoms with Crippen molar-refractivity contribution in [3.8, 4) is 0 Å². The van der Waals surface area contributed by atoms with Gasteiger partial charge in [0.2, 0.25) is 0 Å². The molecule has 3 N–H and O–H groups in total. The lowest BCUT2D eigenvalue weighted by atomic mass is 9.77. The van der Waals surface area contributed by atoms with Crippen LogP contribution in [-0.2, 0) is 5.54 Å². The molecule has 86 valence electrons. The van der Waals surface area contributed by atoms with Gasteiger partial charge in [0.1, 0.15) is 0 Å². The number of carbonyl (C=O) groups is 1. The lowest BCUT2D eigenvalue weighted by Gasteiger charge is -2.34. The van der Waals surface area contributed by atoms with Gasteiger partial charge in [0.25, 0.3) is 0 Å². The van der Waals surface area contributed by atoms with Crippen LogP contribution in [0.25, 0.3) is 0 Å². The Kier molecular flexibility index (Phi) is 2.00. The molecule has 0 aliphatic heterocycles. The highest BCUT2D eigenvalue weighted by Gasteiger charge is 2.39. The van der Waals surface area contributed by atoms with E-state index < -0.39 is 5.54 Å². The van der Waals surface area contributed by atoms with E-state index in [9.17, 15) is 4.79 Å². The van der Waals surface area contributed by atoms with Crippen LogP contribution in [0.1, 0.15) is 48.6 Å². The zero-order valence-corrected chi connectivity index (χ0v) is 8.90. The van der Waals surface area contributed by atoms with Gasteiger partial charge in [-0.15, -0.1) is 0 Å². The van der Waals surface area contributed by atoms with Gasteiger partial charge in [-0.2, -0.15) is 4.98 Å². The molecule has 1 amide bonds. The molecule has 6 heteroatoms. The largest absolute Gasteiger partial charge is 0.345 e. The van der Waals surface area contributed by atoms with E-state index in [1.54, 1.807) is 0 Å². The minimum Gasteiger partial charge on any atom is -0.345 e. The maximum atomic E-state index is 11.6. The van der Waals surface area contributed by atoms with Gasteiger partial charge in [0, 0.05) is 6.04 Å². The second-order valence-corrected chi connectivity index (χ2v) is 4.68. The maximum Gasteiger partial charge on any atom is 0.316 e. The number of amides is 1. The second kappa shape index (κ2) is 3.28. The van der Waals surface area contributed by atoms with Crippen molar-refractivity contribution in [2.24, 2.45) is 5.73 Å². The van der Waals surface area contributed by atoms with Crippen LogP contribution in [-0.4, -0.2) is 22.1 Å². The molecule has 2 aliphatic carbocycles.